The molecule has 0 saturated carbocycles. The van der Waals surface area contributed by atoms with Crippen LogP contribution in [0.1, 0.15) is 6.92 Å². The fourth-order valence-corrected chi connectivity index (χ4v) is 3.43. The molecule has 128 valence electrons. The zero-order valence-electron chi connectivity index (χ0n) is 12.6. The van der Waals surface area contributed by atoms with Gasteiger partial charge in [0.15, 0.2) is 5.11 Å². The molecule has 0 saturated heterocycles. The fourth-order valence-electron chi connectivity index (χ4n) is 1.86. The van der Waals surface area contributed by atoms with Crippen LogP contribution in [0.5, 0.6) is 0 Å². The third-order valence-electron chi connectivity index (χ3n) is 2.93. The van der Waals surface area contributed by atoms with Crippen molar-refractivity contribution in [2.24, 2.45) is 0 Å². The number of thiocarbonyl (C=S) groups is 1. The number of rotatable bonds is 5. The Balaban J connectivity index is 2.03. The predicted molar refractivity (Wildman–Crippen MR) is 104 cm³/mol. The topological polar surface area (TPSA) is 70.2 Å². The minimum absolute atomic E-state index is 0.193. The lowest BCUT2D eigenvalue weighted by Gasteiger charge is -2.12. The number of sulfonamides is 1. The van der Waals surface area contributed by atoms with Crippen molar-refractivity contribution in [2.75, 3.05) is 17.2 Å². The lowest BCUT2D eigenvalue weighted by Crippen LogP contribution is -2.23. The van der Waals surface area contributed by atoms with E-state index in [1.807, 2.05) is 0 Å². The van der Waals surface area contributed by atoms with Gasteiger partial charge in [-0.25, -0.2) is 13.1 Å². The van der Waals surface area contributed by atoms with Gasteiger partial charge in [0.2, 0.25) is 10.0 Å². The lowest BCUT2D eigenvalue weighted by atomic mass is 10.3. The minimum Gasteiger partial charge on any atom is -0.332 e. The van der Waals surface area contributed by atoms with E-state index < -0.39 is 10.0 Å². The standard InChI is InChI=1S/C15H15Cl2N3O2S2/c1-2-18-24(21,22)12-6-3-10(4-7-12)19-15(23)20-11-5-8-13(16)14(17)9-11/h3-9,18H,2H2,1H3,(H2,19,20,23). The molecule has 0 aliphatic carbocycles. The number of benzene rings is 2. The summed E-state index contributed by atoms with van der Waals surface area (Å²) in [6.45, 7) is 2.06. The molecule has 0 aliphatic rings. The molecule has 2 aromatic rings. The third kappa shape index (κ3) is 5.06. The summed E-state index contributed by atoms with van der Waals surface area (Å²) in [7, 11) is -3.47. The third-order valence-corrected chi connectivity index (χ3v) is 5.44. The Kier molecular flexibility index (Phi) is 6.42. The van der Waals surface area contributed by atoms with E-state index in [-0.39, 0.29) is 4.90 Å². The van der Waals surface area contributed by atoms with Crippen molar-refractivity contribution in [3.63, 3.8) is 0 Å². The summed E-state index contributed by atoms with van der Waals surface area (Å²) >= 11 is 17.0. The summed E-state index contributed by atoms with van der Waals surface area (Å²) in [4.78, 5) is 0.193. The van der Waals surface area contributed by atoms with Crippen LogP contribution in [0.15, 0.2) is 47.4 Å². The first-order valence-electron chi connectivity index (χ1n) is 6.94. The van der Waals surface area contributed by atoms with Crippen molar-refractivity contribution in [1.29, 1.82) is 0 Å². The zero-order chi connectivity index (χ0) is 17.7. The van der Waals surface area contributed by atoms with Gasteiger partial charge in [-0.15, -0.1) is 0 Å². The van der Waals surface area contributed by atoms with Gasteiger partial charge in [-0.3, -0.25) is 0 Å². The zero-order valence-corrected chi connectivity index (χ0v) is 15.8. The van der Waals surface area contributed by atoms with E-state index in [1.54, 1.807) is 37.3 Å². The van der Waals surface area contributed by atoms with Crippen LogP contribution in [0.2, 0.25) is 10.0 Å². The van der Waals surface area contributed by atoms with Crippen molar-refractivity contribution >= 4 is 61.9 Å². The van der Waals surface area contributed by atoms with E-state index in [0.29, 0.717) is 33.1 Å². The monoisotopic (exact) mass is 403 g/mol. The maximum atomic E-state index is 11.9. The highest BCUT2D eigenvalue weighted by Gasteiger charge is 2.12. The maximum Gasteiger partial charge on any atom is 0.240 e. The second kappa shape index (κ2) is 8.13. The number of anilines is 2. The van der Waals surface area contributed by atoms with Gasteiger partial charge in [-0.2, -0.15) is 0 Å². The summed E-state index contributed by atoms with van der Waals surface area (Å²) in [5.41, 5.74) is 1.34. The van der Waals surface area contributed by atoms with Gasteiger partial charge in [-0.1, -0.05) is 30.1 Å². The SMILES string of the molecule is CCNS(=O)(=O)c1ccc(NC(=S)Nc2ccc(Cl)c(Cl)c2)cc1. The Morgan fingerprint density at radius 2 is 1.58 bits per heavy atom. The highest BCUT2D eigenvalue weighted by atomic mass is 35.5. The van der Waals surface area contributed by atoms with Crippen LogP contribution in [0.3, 0.4) is 0 Å². The van der Waals surface area contributed by atoms with Crippen LogP contribution < -0.4 is 15.4 Å². The van der Waals surface area contributed by atoms with Crippen LogP contribution in [-0.4, -0.2) is 20.1 Å². The molecule has 0 heterocycles. The Bertz CT molecular complexity index is 840. The molecule has 24 heavy (non-hydrogen) atoms. The van der Waals surface area contributed by atoms with E-state index in [1.165, 1.54) is 12.1 Å². The van der Waals surface area contributed by atoms with Crippen molar-refractivity contribution in [2.45, 2.75) is 11.8 Å². The van der Waals surface area contributed by atoms with Crippen LogP contribution >= 0.6 is 35.4 Å². The van der Waals surface area contributed by atoms with Gasteiger partial charge in [-0.05, 0) is 54.7 Å². The summed E-state index contributed by atoms with van der Waals surface area (Å²) < 4.78 is 26.2. The van der Waals surface area contributed by atoms with E-state index in [9.17, 15) is 8.42 Å². The molecule has 0 atom stereocenters. The normalized spacial score (nSPS) is 11.1. The predicted octanol–water partition coefficient (Wildman–Crippen LogP) is 4.10. The van der Waals surface area contributed by atoms with Gasteiger partial charge in [0, 0.05) is 17.9 Å². The minimum atomic E-state index is -3.47. The molecule has 0 aliphatic heterocycles. The number of hydrogen-bond acceptors (Lipinski definition) is 3. The van der Waals surface area contributed by atoms with E-state index in [4.69, 9.17) is 35.4 Å². The molecule has 0 amide bonds. The molecule has 0 fully saturated rings. The largest absolute Gasteiger partial charge is 0.332 e. The van der Waals surface area contributed by atoms with Crippen LogP contribution in [0.4, 0.5) is 11.4 Å². The molecule has 5 nitrogen and oxygen atoms in total. The molecule has 0 bridgehead atoms. The highest BCUT2D eigenvalue weighted by Crippen LogP contribution is 2.25. The molecular weight excluding hydrogens is 389 g/mol. The summed E-state index contributed by atoms with van der Waals surface area (Å²) in [5.74, 6) is 0. The van der Waals surface area contributed by atoms with Gasteiger partial charge in [0.1, 0.15) is 0 Å². The Morgan fingerprint density at radius 3 is 2.17 bits per heavy atom. The molecule has 9 heteroatoms. The number of halogens is 2. The number of nitrogens with one attached hydrogen (secondary N) is 3. The Hall–Kier alpha value is -1.38. The molecule has 2 rings (SSSR count). The molecule has 3 N–H and O–H groups in total. The quantitative estimate of drug-likeness (QED) is 0.655. The second-order valence-electron chi connectivity index (χ2n) is 4.73. The molecule has 0 aromatic heterocycles. The molecule has 0 spiro atoms. The van der Waals surface area contributed by atoms with Gasteiger partial charge >= 0.3 is 0 Å². The van der Waals surface area contributed by atoms with Crippen molar-refractivity contribution in [3.05, 3.63) is 52.5 Å². The first kappa shape index (κ1) is 19.0. The molecular formula is C15H15Cl2N3O2S2. The summed E-state index contributed by atoms with van der Waals surface area (Å²) in [6, 6.07) is 11.3. The average Bonchev–Trinajstić information content (AvgIpc) is 2.51. The second-order valence-corrected chi connectivity index (χ2v) is 7.72. The van der Waals surface area contributed by atoms with Crippen LogP contribution in [0.25, 0.3) is 0 Å². The van der Waals surface area contributed by atoms with Gasteiger partial charge in [0.05, 0.1) is 14.9 Å². The van der Waals surface area contributed by atoms with E-state index in [0.717, 1.165) is 0 Å². The fraction of sp³-hybridized carbons (Fsp3) is 0.133. The highest BCUT2D eigenvalue weighted by molar-refractivity contribution is 7.89. The first-order valence-corrected chi connectivity index (χ1v) is 9.59. The van der Waals surface area contributed by atoms with Crippen molar-refractivity contribution in [3.8, 4) is 0 Å². The van der Waals surface area contributed by atoms with Gasteiger partial charge in [0.25, 0.3) is 0 Å². The smallest absolute Gasteiger partial charge is 0.240 e. The molecule has 2 aromatic carbocycles. The first-order chi connectivity index (χ1) is 11.3. The average molecular weight is 404 g/mol. The van der Waals surface area contributed by atoms with E-state index in [2.05, 4.69) is 15.4 Å². The summed E-state index contributed by atoms with van der Waals surface area (Å²) in [6.07, 6.45) is 0. The molecule has 0 unspecified atom stereocenters. The lowest BCUT2D eigenvalue weighted by molar-refractivity contribution is 0.584. The van der Waals surface area contributed by atoms with E-state index >= 15 is 0 Å². The maximum absolute atomic E-state index is 11.9. The Labute approximate surface area is 156 Å². The molecule has 0 radical (unpaired) electrons. The summed E-state index contributed by atoms with van der Waals surface area (Å²) in [5, 5.41) is 7.15. The van der Waals surface area contributed by atoms with Crippen molar-refractivity contribution < 1.29 is 8.42 Å². The van der Waals surface area contributed by atoms with Crippen molar-refractivity contribution in [1.82, 2.24) is 4.72 Å². The van der Waals surface area contributed by atoms with Crippen LogP contribution in [0, 0.1) is 0 Å². The number of hydrogen-bond donors (Lipinski definition) is 3. The van der Waals surface area contributed by atoms with Gasteiger partial charge < -0.3 is 10.6 Å². The van der Waals surface area contributed by atoms with Crippen LogP contribution in [-0.2, 0) is 10.0 Å². The Morgan fingerprint density at radius 1 is 1.00 bits per heavy atom.